The van der Waals surface area contributed by atoms with E-state index in [4.69, 9.17) is 4.42 Å². The third-order valence-corrected chi connectivity index (χ3v) is 4.48. The largest absolute Gasteiger partial charge is 0.467 e. The van der Waals surface area contributed by atoms with Crippen LogP contribution in [0.5, 0.6) is 0 Å². The number of carbonyl (C=O) groups excluding carboxylic acids is 1. The first-order chi connectivity index (χ1) is 11.8. The Balaban J connectivity index is 1.63. The van der Waals surface area contributed by atoms with Crippen molar-refractivity contribution in [3.8, 4) is 11.1 Å². The topological polar surface area (TPSA) is 46.3 Å². The van der Waals surface area contributed by atoms with Gasteiger partial charge >= 0.3 is 0 Å². The van der Waals surface area contributed by atoms with E-state index in [1.807, 2.05) is 53.4 Å². The number of aromatic nitrogens is 1. The van der Waals surface area contributed by atoms with Crippen LogP contribution in [0.2, 0.25) is 0 Å². The van der Waals surface area contributed by atoms with Crippen LogP contribution in [-0.2, 0) is 0 Å². The van der Waals surface area contributed by atoms with Crippen molar-refractivity contribution in [3.05, 3.63) is 78.5 Å². The second-order valence-electron chi connectivity index (χ2n) is 6.00. The van der Waals surface area contributed by atoms with Crippen molar-refractivity contribution < 1.29 is 9.21 Å². The highest BCUT2D eigenvalue weighted by Crippen LogP contribution is 2.33. The van der Waals surface area contributed by atoms with Gasteiger partial charge in [0.1, 0.15) is 5.76 Å². The predicted molar refractivity (Wildman–Crippen MR) is 91.4 cm³/mol. The van der Waals surface area contributed by atoms with Crippen LogP contribution in [-0.4, -0.2) is 22.3 Å². The molecule has 1 atom stereocenters. The van der Waals surface area contributed by atoms with Crippen molar-refractivity contribution in [2.24, 2.45) is 0 Å². The quantitative estimate of drug-likeness (QED) is 0.722. The van der Waals surface area contributed by atoms with Gasteiger partial charge in [-0.3, -0.25) is 9.78 Å². The Kier molecular flexibility index (Phi) is 3.87. The third kappa shape index (κ3) is 2.71. The van der Waals surface area contributed by atoms with Crippen LogP contribution in [0.25, 0.3) is 11.1 Å². The maximum absolute atomic E-state index is 13.0. The van der Waals surface area contributed by atoms with Gasteiger partial charge in [0, 0.05) is 24.5 Å². The number of likely N-dealkylation sites (tertiary alicyclic amines) is 1. The second kappa shape index (κ2) is 6.32. The molecule has 0 saturated carbocycles. The van der Waals surface area contributed by atoms with Crippen LogP contribution < -0.4 is 0 Å². The average Bonchev–Trinajstić information content (AvgIpc) is 3.33. The zero-order valence-corrected chi connectivity index (χ0v) is 13.3. The van der Waals surface area contributed by atoms with Gasteiger partial charge < -0.3 is 9.32 Å². The summed E-state index contributed by atoms with van der Waals surface area (Å²) >= 11 is 0. The zero-order chi connectivity index (χ0) is 16.4. The van der Waals surface area contributed by atoms with E-state index in [0.717, 1.165) is 36.3 Å². The highest BCUT2D eigenvalue weighted by atomic mass is 16.3. The molecule has 0 N–H and O–H groups in total. The van der Waals surface area contributed by atoms with Crippen LogP contribution in [0.15, 0.2) is 71.6 Å². The SMILES string of the molecule is O=C(c1cncc(-c2ccccc2)c1)N1CCCC1c1ccco1. The number of hydrogen-bond donors (Lipinski definition) is 0. The van der Waals surface area contributed by atoms with Gasteiger partial charge in [0.15, 0.2) is 0 Å². The molecule has 1 saturated heterocycles. The highest BCUT2D eigenvalue weighted by molar-refractivity contribution is 5.95. The van der Waals surface area contributed by atoms with Gasteiger partial charge in [0.05, 0.1) is 17.9 Å². The summed E-state index contributed by atoms with van der Waals surface area (Å²) in [4.78, 5) is 19.1. The van der Waals surface area contributed by atoms with E-state index in [2.05, 4.69) is 4.98 Å². The number of pyridine rings is 1. The molecule has 1 amide bonds. The standard InChI is InChI=1S/C20H18N2O2/c23-20(22-10-4-8-18(22)19-9-5-11-24-19)17-12-16(13-21-14-17)15-6-2-1-3-7-15/h1-3,5-7,9,11-14,18H,4,8,10H2. The first-order valence-corrected chi connectivity index (χ1v) is 8.18. The molecule has 3 aromatic rings. The van der Waals surface area contributed by atoms with Crippen LogP contribution in [0, 0.1) is 0 Å². The molecule has 4 nitrogen and oxygen atoms in total. The molecule has 2 aromatic heterocycles. The summed E-state index contributed by atoms with van der Waals surface area (Å²) in [5.74, 6) is 0.868. The summed E-state index contributed by atoms with van der Waals surface area (Å²) in [5.41, 5.74) is 2.63. The lowest BCUT2D eigenvalue weighted by molar-refractivity contribution is 0.0719. The molecule has 1 aliphatic rings. The number of nitrogens with zero attached hydrogens (tertiary/aromatic N) is 2. The van der Waals surface area contributed by atoms with Crippen molar-refractivity contribution in [3.63, 3.8) is 0 Å². The van der Waals surface area contributed by atoms with Crippen molar-refractivity contribution in [1.29, 1.82) is 0 Å². The Morgan fingerprint density at radius 1 is 1.08 bits per heavy atom. The molecule has 3 heterocycles. The Labute approximate surface area is 140 Å². The summed E-state index contributed by atoms with van der Waals surface area (Å²) in [6.45, 7) is 0.750. The molecule has 4 heteroatoms. The Morgan fingerprint density at radius 3 is 2.75 bits per heavy atom. The van der Waals surface area contributed by atoms with Gasteiger partial charge in [-0.05, 0) is 36.6 Å². The first kappa shape index (κ1) is 14.7. The van der Waals surface area contributed by atoms with Crippen molar-refractivity contribution in [1.82, 2.24) is 9.88 Å². The van der Waals surface area contributed by atoms with E-state index in [0.29, 0.717) is 5.56 Å². The van der Waals surface area contributed by atoms with Gasteiger partial charge in [-0.1, -0.05) is 30.3 Å². The number of furan rings is 1. The minimum Gasteiger partial charge on any atom is -0.467 e. The minimum absolute atomic E-state index is 0.0131. The van der Waals surface area contributed by atoms with Crippen molar-refractivity contribution >= 4 is 5.91 Å². The number of hydrogen-bond acceptors (Lipinski definition) is 3. The lowest BCUT2D eigenvalue weighted by atomic mass is 10.1. The van der Waals surface area contributed by atoms with Crippen molar-refractivity contribution in [2.75, 3.05) is 6.54 Å². The maximum Gasteiger partial charge on any atom is 0.256 e. The summed E-state index contributed by atoms with van der Waals surface area (Å²) in [6.07, 6.45) is 7.02. The van der Waals surface area contributed by atoms with Gasteiger partial charge in [0.25, 0.3) is 5.91 Å². The van der Waals surface area contributed by atoms with E-state index in [-0.39, 0.29) is 11.9 Å². The molecular weight excluding hydrogens is 300 g/mol. The molecule has 1 unspecified atom stereocenters. The Bertz CT molecular complexity index is 828. The number of amides is 1. The van der Waals surface area contributed by atoms with Crippen LogP contribution in [0.3, 0.4) is 0 Å². The van der Waals surface area contributed by atoms with E-state index < -0.39 is 0 Å². The second-order valence-corrected chi connectivity index (χ2v) is 6.00. The molecule has 24 heavy (non-hydrogen) atoms. The molecule has 0 radical (unpaired) electrons. The molecule has 1 aromatic carbocycles. The maximum atomic E-state index is 13.0. The molecule has 1 aliphatic heterocycles. The summed E-state index contributed by atoms with van der Waals surface area (Å²) in [7, 11) is 0. The molecule has 0 bridgehead atoms. The first-order valence-electron chi connectivity index (χ1n) is 8.18. The van der Waals surface area contributed by atoms with E-state index in [1.54, 1.807) is 18.7 Å². The van der Waals surface area contributed by atoms with Crippen LogP contribution in [0.1, 0.15) is 35.0 Å². The van der Waals surface area contributed by atoms with E-state index in [9.17, 15) is 4.79 Å². The highest BCUT2D eigenvalue weighted by Gasteiger charge is 2.32. The summed E-state index contributed by atoms with van der Waals surface area (Å²) < 4.78 is 5.52. The monoisotopic (exact) mass is 318 g/mol. The fraction of sp³-hybridized carbons (Fsp3) is 0.200. The summed E-state index contributed by atoms with van der Waals surface area (Å²) in [5, 5.41) is 0. The normalized spacial score (nSPS) is 17.2. The fourth-order valence-electron chi connectivity index (χ4n) is 3.30. The smallest absolute Gasteiger partial charge is 0.256 e. The molecule has 1 fully saturated rings. The van der Waals surface area contributed by atoms with E-state index in [1.165, 1.54) is 0 Å². The van der Waals surface area contributed by atoms with Gasteiger partial charge in [-0.25, -0.2) is 0 Å². The summed E-state index contributed by atoms with van der Waals surface area (Å²) in [6, 6.07) is 15.7. The predicted octanol–water partition coefficient (Wildman–Crippen LogP) is 4.32. The van der Waals surface area contributed by atoms with Crippen LogP contribution in [0.4, 0.5) is 0 Å². The average molecular weight is 318 g/mol. The van der Waals surface area contributed by atoms with Crippen molar-refractivity contribution in [2.45, 2.75) is 18.9 Å². The van der Waals surface area contributed by atoms with E-state index >= 15 is 0 Å². The Morgan fingerprint density at radius 2 is 1.96 bits per heavy atom. The lowest BCUT2D eigenvalue weighted by Gasteiger charge is -2.23. The van der Waals surface area contributed by atoms with Crippen LogP contribution >= 0.6 is 0 Å². The number of benzene rings is 1. The lowest BCUT2D eigenvalue weighted by Crippen LogP contribution is -2.30. The number of carbonyl (C=O) groups is 1. The Hall–Kier alpha value is -2.88. The van der Waals surface area contributed by atoms with Gasteiger partial charge in [0.2, 0.25) is 0 Å². The molecular formula is C20H18N2O2. The number of rotatable bonds is 3. The van der Waals surface area contributed by atoms with Gasteiger partial charge in [-0.15, -0.1) is 0 Å². The molecule has 4 rings (SSSR count). The third-order valence-electron chi connectivity index (χ3n) is 4.48. The van der Waals surface area contributed by atoms with Gasteiger partial charge in [-0.2, -0.15) is 0 Å². The molecule has 120 valence electrons. The molecule has 0 spiro atoms. The zero-order valence-electron chi connectivity index (χ0n) is 13.3. The minimum atomic E-state index is 0.0131. The molecule has 0 aliphatic carbocycles. The fourth-order valence-corrected chi connectivity index (χ4v) is 3.30.